The van der Waals surface area contributed by atoms with Crippen LogP contribution in [0.15, 0.2) is 45.3 Å². The first kappa shape index (κ1) is 19.1. The SMILES string of the molecule is COCCn1c(=O)c2sccc2n(CC(=O)NCc2ccc(C)cc2)c1=O. The molecular weight excluding hydrogens is 366 g/mol. The van der Waals surface area contributed by atoms with E-state index in [9.17, 15) is 14.4 Å². The average Bonchev–Trinajstić information content (AvgIpc) is 3.14. The van der Waals surface area contributed by atoms with Gasteiger partial charge in [0.05, 0.1) is 18.7 Å². The minimum absolute atomic E-state index is 0.146. The molecule has 2 heterocycles. The molecule has 3 rings (SSSR count). The van der Waals surface area contributed by atoms with Gasteiger partial charge in [0, 0.05) is 13.7 Å². The summed E-state index contributed by atoms with van der Waals surface area (Å²) in [5.74, 6) is -0.290. The standard InChI is InChI=1S/C19H21N3O4S/c1-13-3-5-14(6-4-13)11-20-16(23)12-22-15-7-10-27-17(15)18(24)21(19(22)25)8-9-26-2/h3-7,10H,8-9,11-12H2,1-2H3,(H,20,23). The van der Waals surface area contributed by atoms with E-state index >= 15 is 0 Å². The van der Waals surface area contributed by atoms with Crippen LogP contribution in [-0.4, -0.2) is 28.8 Å². The quantitative estimate of drug-likeness (QED) is 0.666. The molecule has 0 saturated heterocycles. The van der Waals surface area contributed by atoms with E-state index in [1.54, 1.807) is 11.4 Å². The summed E-state index contributed by atoms with van der Waals surface area (Å²) in [6.45, 7) is 2.62. The first-order chi connectivity index (χ1) is 13.0. The van der Waals surface area contributed by atoms with E-state index in [0.29, 0.717) is 16.8 Å². The highest BCUT2D eigenvalue weighted by molar-refractivity contribution is 7.17. The van der Waals surface area contributed by atoms with Crippen LogP contribution in [0.25, 0.3) is 10.2 Å². The maximum Gasteiger partial charge on any atom is 0.332 e. The van der Waals surface area contributed by atoms with Gasteiger partial charge in [-0.3, -0.25) is 18.7 Å². The van der Waals surface area contributed by atoms with Crippen molar-refractivity contribution < 1.29 is 9.53 Å². The van der Waals surface area contributed by atoms with Gasteiger partial charge in [-0.25, -0.2) is 4.79 Å². The summed E-state index contributed by atoms with van der Waals surface area (Å²) >= 11 is 1.26. The number of carbonyl (C=O) groups excluding carboxylic acids is 1. The Morgan fingerprint density at radius 1 is 1.15 bits per heavy atom. The van der Waals surface area contributed by atoms with Gasteiger partial charge in [-0.05, 0) is 23.9 Å². The van der Waals surface area contributed by atoms with E-state index < -0.39 is 5.69 Å². The lowest BCUT2D eigenvalue weighted by atomic mass is 10.1. The summed E-state index contributed by atoms with van der Waals surface area (Å²) in [4.78, 5) is 37.6. The van der Waals surface area contributed by atoms with Crippen molar-refractivity contribution in [2.24, 2.45) is 0 Å². The van der Waals surface area contributed by atoms with Crippen molar-refractivity contribution in [1.29, 1.82) is 0 Å². The van der Waals surface area contributed by atoms with E-state index in [4.69, 9.17) is 4.74 Å². The molecule has 0 aliphatic carbocycles. The molecule has 0 fully saturated rings. The zero-order valence-corrected chi connectivity index (χ0v) is 16.0. The minimum Gasteiger partial charge on any atom is -0.383 e. The lowest BCUT2D eigenvalue weighted by molar-refractivity contribution is -0.121. The topological polar surface area (TPSA) is 82.3 Å². The van der Waals surface area contributed by atoms with Gasteiger partial charge in [0.2, 0.25) is 5.91 Å². The zero-order chi connectivity index (χ0) is 19.4. The molecule has 8 heteroatoms. The molecule has 0 unspecified atom stereocenters. The van der Waals surface area contributed by atoms with Crippen molar-refractivity contribution >= 4 is 27.5 Å². The molecule has 1 amide bonds. The first-order valence-corrected chi connectivity index (χ1v) is 9.41. The Labute approximate surface area is 159 Å². The number of nitrogens with zero attached hydrogens (tertiary/aromatic N) is 2. The predicted octanol–water partition coefficient (Wildman–Crippen LogP) is 1.50. The van der Waals surface area contributed by atoms with Crippen LogP contribution in [0.1, 0.15) is 11.1 Å². The number of ether oxygens (including phenoxy) is 1. The van der Waals surface area contributed by atoms with Crippen molar-refractivity contribution in [2.75, 3.05) is 13.7 Å². The van der Waals surface area contributed by atoms with Gasteiger partial charge >= 0.3 is 5.69 Å². The van der Waals surface area contributed by atoms with Crippen LogP contribution in [0.3, 0.4) is 0 Å². The van der Waals surface area contributed by atoms with Crippen LogP contribution >= 0.6 is 11.3 Å². The van der Waals surface area contributed by atoms with E-state index in [0.717, 1.165) is 15.7 Å². The second-order valence-electron chi connectivity index (χ2n) is 6.22. The molecule has 1 aromatic carbocycles. The fourth-order valence-electron chi connectivity index (χ4n) is 2.77. The molecule has 7 nitrogen and oxygen atoms in total. The second kappa shape index (κ2) is 8.32. The predicted molar refractivity (Wildman–Crippen MR) is 105 cm³/mol. The summed E-state index contributed by atoms with van der Waals surface area (Å²) in [7, 11) is 1.51. The van der Waals surface area contributed by atoms with Gasteiger partial charge < -0.3 is 10.1 Å². The summed E-state index contributed by atoms with van der Waals surface area (Å²) in [6.07, 6.45) is 0. The summed E-state index contributed by atoms with van der Waals surface area (Å²) in [5.41, 5.74) is 1.75. The van der Waals surface area contributed by atoms with Crippen LogP contribution in [0.2, 0.25) is 0 Å². The Kier molecular flexibility index (Phi) is 5.88. The third kappa shape index (κ3) is 4.17. The largest absolute Gasteiger partial charge is 0.383 e. The number of methoxy groups -OCH3 is 1. The number of amides is 1. The molecule has 0 spiro atoms. The van der Waals surface area contributed by atoms with Crippen LogP contribution in [0.5, 0.6) is 0 Å². The number of carbonyl (C=O) groups is 1. The number of hydrogen-bond acceptors (Lipinski definition) is 5. The molecule has 0 aliphatic rings. The average molecular weight is 387 g/mol. The van der Waals surface area contributed by atoms with Crippen LogP contribution in [0, 0.1) is 6.92 Å². The van der Waals surface area contributed by atoms with Crippen molar-refractivity contribution in [3.05, 3.63) is 67.7 Å². The van der Waals surface area contributed by atoms with Crippen LogP contribution in [0.4, 0.5) is 0 Å². The van der Waals surface area contributed by atoms with Gasteiger partial charge in [-0.1, -0.05) is 29.8 Å². The van der Waals surface area contributed by atoms with Crippen molar-refractivity contribution in [3.63, 3.8) is 0 Å². The first-order valence-electron chi connectivity index (χ1n) is 8.53. The lowest BCUT2D eigenvalue weighted by Crippen LogP contribution is -2.42. The number of hydrogen-bond donors (Lipinski definition) is 1. The molecule has 142 valence electrons. The fraction of sp³-hybridized carbons (Fsp3) is 0.316. The maximum absolute atomic E-state index is 12.7. The highest BCUT2D eigenvalue weighted by atomic mass is 32.1. The van der Waals surface area contributed by atoms with E-state index in [2.05, 4.69) is 5.32 Å². The molecule has 0 aliphatic heterocycles. The van der Waals surface area contributed by atoms with E-state index in [1.165, 1.54) is 23.0 Å². The molecule has 0 radical (unpaired) electrons. The number of thiophene rings is 1. The molecule has 3 aromatic rings. The number of aryl methyl sites for hydroxylation is 1. The van der Waals surface area contributed by atoms with E-state index in [-0.39, 0.29) is 31.2 Å². The van der Waals surface area contributed by atoms with Crippen LogP contribution < -0.4 is 16.6 Å². The third-order valence-electron chi connectivity index (χ3n) is 4.27. The second-order valence-corrected chi connectivity index (χ2v) is 7.13. The number of nitrogens with one attached hydrogen (secondary N) is 1. The lowest BCUT2D eigenvalue weighted by Gasteiger charge is -2.12. The Morgan fingerprint density at radius 3 is 2.59 bits per heavy atom. The summed E-state index contributed by atoms with van der Waals surface area (Å²) in [5, 5.41) is 4.56. The smallest absolute Gasteiger partial charge is 0.332 e. The molecule has 0 saturated carbocycles. The Balaban J connectivity index is 1.84. The Morgan fingerprint density at radius 2 is 1.89 bits per heavy atom. The molecule has 2 aromatic heterocycles. The molecule has 0 atom stereocenters. The van der Waals surface area contributed by atoms with Crippen molar-refractivity contribution in [1.82, 2.24) is 14.5 Å². The summed E-state index contributed by atoms with van der Waals surface area (Å²) < 4.78 is 7.90. The van der Waals surface area contributed by atoms with Gasteiger partial charge in [0.1, 0.15) is 11.2 Å². The summed E-state index contributed by atoms with van der Waals surface area (Å²) in [6, 6.07) is 9.55. The normalized spacial score (nSPS) is 11.0. The zero-order valence-electron chi connectivity index (χ0n) is 15.2. The van der Waals surface area contributed by atoms with Gasteiger partial charge in [0.15, 0.2) is 0 Å². The van der Waals surface area contributed by atoms with Gasteiger partial charge in [-0.15, -0.1) is 11.3 Å². The van der Waals surface area contributed by atoms with Crippen molar-refractivity contribution in [3.8, 4) is 0 Å². The Hall–Kier alpha value is -2.71. The number of aromatic nitrogens is 2. The number of fused-ring (bicyclic) bond motifs is 1. The molecule has 1 N–H and O–H groups in total. The minimum atomic E-state index is -0.506. The molecule has 27 heavy (non-hydrogen) atoms. The number of rotatable bonds is 7. The van der Waals surface area contributed by atoms with Gasteiger partial charge in [-0.2, -0.15) is 0 Å². The molecular formula is C19H21N3O4S. The van der Waals surface area contributed by atoms with Crippen LogP contribution in [-0.2, 0) is 29.2 Å². The highest BCUT2D eigenvalue weighted by Gasteiger charge is 2.16. The Bertz CT molecular complexity index is 1060. The third-order valence-corrected chi connectivity index (χ3v) is 5.16. The van der Waals surface area contributed by atoms with Crippen molar-refractivity contribution in [2.45, 2.75) is 26.6 Å². The number of benzene rings is 1. The monoisotopic (exact) mass is 387 g/mol. The van der Waals surface area contributed by atoms with Gasteiger partial charge in [0.25, 0.3) is 5.56 Å². The maximum atomic E-state index is 12.7. The fourth-order valence-corrected chi connectivity index (χ4v) is 3.61. The molecule has 0 bridgehead atoms. The van der Waals surface area contributed by atoms with E-state index in [1.807, 2.05) is 31.2 Å². The highest BCUT2D eigenvalue weighted by Crippen LogP contribution is 2.15.